The van der Waals surface area contributed by atoms with Gasteiger partial charge in [0.1, 0.15) is 12.3 Å². The lowest BCUT2D eigenvalue weighted by atomic mass is 10.2. The maximum Gasteiger partial charge on any atom is 0.265 e. The van der Waals surface area contributed by atoms with Crippen molar-refractivity contribution >= 4 is 23.2 Å². The highest BCUT2D eigenvalue weighted by Gasteiger charge is 2.27. The summed E-state index contributed by atoms with van der Waals surface area (Å²) in [6.07, 6.45) is 3.31. The van der Waals surface area contributed by atoms with Gasteiger partial charge in [-0.15, -0.1) is 0 Å². The molecule has 7 nitrogen and oxygen atoms in total. The molecule has 1 aliphatic rings. The minimum atomic E-state index is -0.189. The Morgan fingerprint density at radius 2 is 2.21 bits per heavy atom. The van der Waals surface area contributed by atoms with Crippen molar-refractivity contribution in [1.29, 1.82) is 0 Å². The van der Waals surface area contributed by atoms with Gasteiger partial charge in [-0.05, 0) is 24.3 Å². The number of carbonyl (C=O) groups is 1. The molecule has 120 valence electrons. The molecule has 1 aliphatic heterocycles. The number of hydrogen-bond donors (Lipinski definition) is 0. The van der Waals surface area contributed by atoms with Crippen molar-refractivity contribution in [3.63, 3.8) is 0 Å². The summed E-state index contributed by atoms with van der Waals surface area (Å²) >= 11 is 5.96. The monoisotopic (exact) mass is 342 g/mol. The van der Waals surface area contributed by atoms with Crippen molar-refractivity contribution < 1.29 is 14.1 Å². The normalized spacial score (nSPS) is 13.5. The standard InChI is InChI=1S/C16H11ClN4O3/c17-11-3-4-12-13(6-11)23-9-15(22)21(12)8-14-19-16(20-24-14)10-2-1-5-18-7-10/h1-7H,8-9H2. The number of aromatic nitrogens is 3. The van der Waals surface area contributed by atoms with Gasteiger partial charge in [-0.3, -0.25) is 14.7 Å². The molecule has 0 aliphatic carbocycles. The molecule has 0 N–H and O–H groups in total. The van der Waals surface area contributed by atoms with Crippen molar-refractivity contribution in [3.05, 3.63) is 53.6 Å². The van der Waals surface area contributed by atoms with Crippen LogP contribution in [0.15, 0.2) is 47.2 Å². The van der Waals surface area contributed by atoms with Crippen molar-refractivity contribution in [2.45, 2.75) is 6.54 Å². The van der Waals surface area contributed by atoms with Crippen LogP contribution in [-0.2, 0) is 11.3 Å². The number of ether oxygens (including phenoxy) is 1. The van der Waals surface area contributed by atoms with Crippen LogP contribution in [0.4, 0.5) is 5.69 Å². The highest BCUT2D eigenvalue weighted by Crippen LogP contribution is 2.35. The van der Waals surface area contributed by atoms with E-state index in [1.54, 1.807) is 36.7 Å². The number of anilines is 1. The van der Waals surface area contributed by atoms with Crippen LogP contribution in [0, 0.1) is 0 Å². The van der Waals surface area contributed by atoms with E-state index < -0.39 is 0 Å². The molecule has 8 heteroatoms. The molecule has 1 aromatic carbocycles. The zero-order valence-electron chi connectivity index (χ0n) is 12.3. The minimum absolute atomic E-state index is 0.0586. The average Bonchev–Trinajstić information content (AvgIpc) is 3.07. The number of benzene rings is 1. The molecular formula is C16H11ClN4O3. The molecule has 2 aromatic heterocycles. The highest BCUT2D eigenvalue weighted by atomic mass is 35.5. The van der Waals surface area contributed by atoms with Crippen LogP contribution in [0.3, 0.4) is 0 Å². The number of hydrogen-bond acceptors (Lipinski definition) is 6. The summed E-state index contributed by atoms with van der Waals surface area (Å²) in [5.74, 6) is 1.11. The summed E-state index contributed by atoms with van der Waals surface area (Å²) in [5.41, 5.74) is 1.37. The van der Waals surface area contributed by atoms with E-state index in [1.165, 1.54) is 4.90 Å². The second-order valence-electron chi connectivity index (χ2n) is 5.13. The number of carbonyl (C=O) groups excluding carboxylic acids is 1. The molecule has 3 heterocycles. The molecule has 24 heavy (non-hydrogen) atoms. The van der Waals surface area contributed by atoms with Gasteiger partial charge in [0.15, 0.2) is 6.61 Å². The van der Waals surface area contributed by atoms with Gasteiger partial charge in [-0.25, -0.2) is 0 Å². The molecular weight excluding hydrogens is 332 g/mol. The van der Waals surface area contributed by atoms with Crippen molar-refractivity contribution in [2.75, 3.05) is 11.5 Å². The van der Waals surface area contributed by atoms with E-state index in [9.17, 15) is 4.79 Å². The van der Waals surface area contributed by atoms with Gasteiger partial charge in [0.2, 0.25) is 11.7 Å². The van der Waals surface area contributed by atoms with Crippen LogP contribution in [0.2, 0.25) is 5.02 Å². The van der Waals surface area contributed by atoms with Crippen LogP contribution < -0.4 is 9.64 Å². The van der Waals surface area contributed by atoms with Gasteiger partial charge >= 0.3 is 0 Å². The van der Waals surface area contributed by atoms with Crippen LogP contribution >= 0.6 is 11.6 Å². The molecule has 0 spiro atoms. The van der Waals surface area contributed by atoms with Gasteiger partial charge in [0, 0.05) is 29.0 Å². The van der Waals surface area contributed by atoms with Gasteiger partial charge in [-0.2, -0.15) is 4.98 Å². The first-order chi connectivity index (χ1) is 11.7. The fraction of sp³-hybridized carbons (Fsp3) is 0.125. The summed E-state index contributed by atoms with van der Waals surface area (Å²) in [6.45, 7) is 0.0982. The van der Waals surface area contributed by atoms with Crippen LogP contribution in [0.1, 0.15) is 5.89 Å². The Bertz CT molecular complexity index is 897. The van der Waals surface area contributed by atoms with Crippen molar-refractivity contribution in [3.8, 4) is 17.1 Å². The quantitative estimate of drug-likeness (QED) is 0.728. The molecule has 3 aromatic rings. The predicted molar refractivity (Wildman–Crippen MR) is 85.7 cm³/mol. The first-order valence-electron chi connectivity index (χ1n) is 7.16. The maximum absolute atomic E-state index is 12.2. The first kappa shape index (κ1) is 14.6. The van der Waals surface area contributed by atoms with E-state index in [-0.39, 0.29) is 19.1 Å². The van der Waals surface area contributed by atoms with E-state index in [0.29, 0.717) is 28.2 Å². The summed E-state index contributed by atoms with van der Waals surface area (Å²) in [4.78, 5) is 22.1. The Hall–Kier alpha value is -2.93. The summed E-state index contributed by atoms with van der Waals surface area (Å²) in [7, 11) is 0. The van der Waals surface area contributed by atoms with Crippen LogP contribution in [-0.4, -0.2) is 27.6 Å². The van der Waals surface area contributed by atoms with Crippen molar-refractivity contribution in [2.24, 2.45) is 0 Å². The Kier molecular flexibility index (Phi) is 3.62. The summed E-state index contributed by atoms with van der Waals surface area (Å²) < 4.78 is 10.7. The second-order valence-corrected chi connectivity index (χ2v) is 5.57. The van der Waals surface area contributed by atoms with Crippen molar-refractivity contribution in [1.82, 2.24) is 15.1 Å². The Labute approximate surface area is 141 Å². The van der Waals surface area contributed by atoms with Crippen LogP contribution in [0.5, 0.6) is 5.75 Å². The third-order valence-corrected chi connectivity index (χ3v) is 3.78. The lowest BCUT2D eigenvalue weighted by Crippen LogP contribution is -2.38. The number of rotatable bonds is 3. The lowest BCUT2D eigenvalue weighted by Gasteiger charge is -2.28. The van der Waals surface area contributed by atoms with Gasteiger partial charge < -0.3 is 9.26 Å². The smallest absolute Gasteiger partial charge is 0.265 e. The van der Waals surface area contributed by atoms with E-state index >= 15 is 0 Å². The third kappa shape index (κ3) is 2.69. The Morgan fingerprint density at radius 1 is 1.29 bits per heavy atom. The number of nitrogens with zero attached hydrogens (tertiary/aromatic N) is 4. The van der Waals surface area contributed by atoms with E-state index in [4.69, 9.17) is 20.9 Å². The predicted octanol–water partition coefficient (Wildman–Crippen LogP) is 2.71. The molecule has 0 saturated heterocycles. The highest BCUT2D eigenvalue weighted by molar-refractivity contribution is 6.30. The molecule has 0 fully saturated rings. The summed E-state index contributed by atoms with van der Waals surface area (Å²) in [5, 5.41) is 4.47. The summed E-state index contributed by atoms with van der Waals surface area (Å²) in [6, 6.07) is 8.72. The number of amides is 1. The number of halogens is 1. The van der Waals surface area contributed by atoms with E-state index in [2.05, 4.69) is 15.1 Å². The SMILES string of the molecule is O=C1COc2cc(Cl)ccc2N1Cc1nc(-c2cccnc2)no1. The zero-order valence-corrected chi connectivity index (χ0v) is 13.1. The zero-order chi connectivity index (χ0) is 16.5. The molecule has 4 rings (SSSR count). The van der Waals surface area contributed by atoms with Gasteiger partial charge in [0.25, 0.3) is 5.91 Å². The molecule has 0 unspecified atom stereocenters. The largest absolute Gasteiger partial charge is 0.482 e. The molecule has 0 radical (unpaired) electrons. The van der Waals surface area contributed by atoms with Crippen LogP contribution in [0.25, 0.3) is 11.4 Å². The van der Waals surface area contributed by atoms with Gasteiger partial charge in [-0.1, -0.05) is 16.8 Å². The fourth-order valence-electron chi connectivity index (χ4n) is 2.42. The molecule has 1 amide bonds. The minimum Gasteiger partial charge on any atom is -0.482 e. The topological polar surface area (TPSA) is 81.4 Å². The first-order valence-corrected chi connectivity index (χ1v) is 7.54. The average molecular weight is 343 g/mol. The number of pyridine rings is 1. The molecule has 0 atom stereocenters. The Balaban J connectivity index is 1.62. The molecule has 0 saturated carbocycles. The maximum atomic E-state index is 12.2. The lowest BCUT2D eigenvalue weighted by molar-refractivity contribution is -0.121. The van der Waals surface area contributed by atoms with E-state index in [0.717, 1.165) is 5.56 Å². The molecule has 0 bridgehead atoms. The fourth-order valence-corrected chi connectivity index (χ4v) is 2.58. The third-order valence-electron chi connectivity index (χ3n) is 3.55. The van der Waals surface area contributed by atoms with Gasteiger partial charge in [0.05, 0.1) is 5.69 Å². The second kappa shape index (κ2) is 5.93. The number of fused-ring (bicyclic) bond motifs is 1. The van der Waals surface area contributed by atoms with E-state index in [1.807, 2.05) is 6.07 Å². The Morgan fingerprint density at radius 3 is 3.04 bits per heavy atom.